The minimum atomic E-state index is -2.38. The van der Waals surface area contributed by atoms with Gasteiger partial charge in [-0.25, -0.2) is 0 Å². The molecule has 0 spiro atoms. The van der Waals surface area contributed by atoms with Gasteiger partial charge >= 0.3 is 0 Å². The Hall–Kier alpha value is -0.780. The van der Waals surface area contributed by atoms with Gasteiger partial charge in [0, 0.05) is 16.6 Å². The third-order valence-corrected chi connectivity index (χ3v) is 4.38. The molecule has 0 aliphatic rings. The maximum absolute atomic E-state index is 12.2. The Morgan fingerprint density at radius 3 is 2.47 bits per heavy atom. The van der Waals surface area contributed by atoms with E-state index in [0.29, 0.717) is 16.7 Å². The van der Waals surface area contributed by atoms with Crippen LogP contribution in [0.4, 0.5) is 14.5 Å². The number of nitrogens with one attached hydrogen (secondary N) is 1. The predicted octanol–water partition coefficient (Wildman–Crippen LogP) is 5.89. The van der Waals surface area contributed by atoms with E-state index in [1.54, 1.807) is 24.3 Å². The molecule has 1 atom stereocenters. The van der Waals surface area contributed by atoms with Gasteiger partial charge in [-0.05, 0) is 48.2 Å². The molecule has 0 saturated heterocycles. The summed E-state index contributed by atoms with van der Waals surface area (Å²) in [5.74, 6) is -2.38. The van der Waals surface area contributed by atoms with Gasteiger partial charge in [0.1, 0.15) is 0 Å². The van der Waals surface area contributed by atoms with Crippen LogP contribution in [-0.2, 0) is 0 Å². The molecule has 0 aliphatic carbocycles. The lowest BCUT2D eigenvalue weighted by Crippen LogP contribution is -2.05. The van der Waals surface area contributed by atoms with Crippen LogP contribution >= 0.6 is 34.7 Å². The van der Waals surface area contributed by atoms with E-state index in [9.17, 15) is 8.78 Å². The van der Waals surface area contributed by atoms with Gasteiger partial charge < -0.3 is 5.32 Å². The molecule has 1 aromatic heterocycles. The molecular formula is C13H12ClF2NS2. The molecule has 1 nitrogen and oxygen atoms in total. The van der Waals surface area contributed by atoms with Crippen molar-refractivity contribution in [3.8, 4) is 0 Å². The van der Waals surface area contributed by atoms with Crippen molar-refractivity contribution in [2.75, 3.05) is 5.32 Å². The Labute approximate surface area is 124 Å². The number of thiophene rings is 1. The van der Waals surface area contributed by atoms with Crippen molar-refractivity contribution in [2.45, 2.75) is 23.6 Å². The maximum atomic E-state index is 12.2. The number of hydrogen-bond acceptors (Lipinski definition) is 3. The van der Waals surface area contributed by atoms with Crippen molar-refractivity contribution >= 4 is 40.4 Å². The molecule has 1 heterocycles. The fraction of sp³-hybridized carbons (Fsp3) is 0.231. The number of thioether (sulfide) groups is 1. The molecule has 1 aromatic carbocycles. The molecule has 0 fully saturated rings. The number of hydrogen-bond donors (Lipinski definition) is 1. The van der Waals surface area contributed by atoms with Gasteiger partial charge in [0.05, 0.1) is 4.34 Å². The molecule has 2 rings (SSSR count). The second-order valence-electron chi connectivity index (χ2n) is 3.95. The molecule has 0 bridgehead atoms. The van der Waals surface area contributed by atoms with Crippen LogP contribution in [0.2, 0.25) is 4.34 Å². The molecule has 0 saturated carbocycles. The average Bonchev–Trinajstić information content (AvgIpc) is 2.78. The first kappa shape index (κ1) is 14.6. The number of benzene rings is 1. The van der Waals surface area contributed by atoms with E-state index in [0.717, 1.165) is 15.6 Å². The van der Waals surface area contributed by atoms with Crippen molar-refractivity contribution < 1.29 is 8.78 Å². The first-order valence-corrected chi connectivity index (χ1v) is 7.73. The fourth-order valence-corrected chi connectivity index (χ4v) is 3.10. The standard InChI is InChI=1S/C13H12ClF2NS2/c1-8(9-6-12(14)18-7-9)17-10-2-4-11(5-3-10)19-13(15)16/h2-8,13,17H,1H3. The van der Waals surface area contributed by atoms with Crippen molar-refractivity contribution in [1.82, 2.24) is 0 Å². The Kier molecular flexibility index (Phi) is 5.07. The monoisotopic (exact) mass is 319 g/mol. The van der Waals surface area contributed by atoms with Crippen LogP contribution in [0.15, 0.2) is 40.6 Å². The third kappa shape index (κ3) is 4.37. The van der Waals surface area contributed by atoms with Gasteiger partial charge in [-0.3, -0.25) is 0 Å². The Morgan fingerprint density at radius 2 is 1.95 bits per heavy atom. The molecule has 2 aromatic rings. The zero-order valence-electron chi connectivity index (χ0n) is 10.1. The number of alkyl halides is 2. The lowest BCUT2D eigenvalue weighted by atomic mass is 10.1. The lowest BCUT2D eigenvalue weighted by molar-refractivity contribution is 0.252. The predicted molar refractivity (Wildman–Crippen MR) is 79.7 cm³/mol. The third-order valence-electron chi connectivity index (χ3n) is 2.55. The van der Waals surface area contributed by atoms with Gasteiger partial charge in [-0.1, -0.05) is 23.4 Å². The maximum Gasteiger partial charge on any atom is 0.288 e. The summed E-state index contributed by atoms with van der Waals surface area (Å²) in [6.07, 6.45) is 0. The zero-order chi connectivity index (χ0) is 13.8. The first-order valence-electron chi connectivity index (χ1n) is 5.60. The highest BCUT2D eigenvalue weighted by molar-refractivity contribution is 7.99. The van der Waals surface area contributed by atoms with E-state index in [2.05, 4.69) is 5.32 Å². The SMILES string of the molecule is CC(Nc1ccc(SC(F)F)cc1)c1csc(Cl)c1. The number of anilines is 1. The van der Waals surface area contributed by atoms with Gasteiger partial charge in [0.2, 0.25) is 0 Å². The smallest absolute Gasteiger partial charge is 0.288 e. The van der Waals surface area contributed by atoms with Crippen molar-refractivity contribution in [3.05, 3.63) is 45.6 Å². The zero-order valence-corrected chi connectivity index (χ0v) is 12.5. The highest BCUT2D eigenvalue weighted by Gasteiger charge is 2.08. The molecular weight excluding hydrogens is 308 g/mol. The molecule has 0 aliphatic heterocycles. The molecule has 1 unspecified atom stereocenters. The van der Waals surface area contributed by atoms with Crippen molar-refractivity contribution in [2.24, 2.45) is 0 Å². The summed E-state index contributed by atoms with van der Waals surface area (Å²) in [6.45, 7) is 2.03. The van der Waals surface area contributed by atoms with Crippen LogP contribution in [0.3, 0.4) is 0 Å². The summed E-state index contributed by atoms with van der Waals surface area (Å²) in [7, 11) is 0. The van der Waals surface area contributed by atoms with Gasteiger partial charge in [-0.2, -0.15) is 8.78 Å². The van der Waals surface area contributed by atoms with Gasteiger partial charge in [-0.15, -0.1) is 11.3 Å². The second-order valence-corrected chi connectivity index (χ2v) is 6.56. The molecule has 1 N–H and O–H groups in total. The highest BCUT2D eigenvalue weighted by Crippen LogP contribution is 2.29. The summed E-state index contributed by atoms with van der Waals surface area (Å²) in [5.41, 5.74) is 2.01. The van der Waals surface area contributed by atoms with E-state index in [1.165, 1.54) is 11.3 Å². The lowest BCUT2D eigenvalue weighted by Gasteiger charge is -2.14. The largest absolute Gasteiger partial charge is 0.378 e. The van der Waals surface area contributed by atoms with Gasteiger partial charge in [0.25, 0.3) is 5.76 Å². The summed E-state index contributed by atoms with van der Waals surface area (Å²) in [5, 5.41) is 5.30. The van der Waals surface area contributed by atoms with E-state index in [4.69, 9.17) is 11.6 Å². The number of halogens is 3. The molecule has 19 heavy (non-hydrogen) atoms. The minimum Gasteiger partial charge on any atom is -0.378 e. The highest BCUT2D eigenvalue weighted by atomic mass is 35.5. The van der Waals surface area contributed by atoms with Crippen LogP contribution in [0.5, 0.6) is 0 Å². The quantitative estimate of drug-likeness (QED) is 0.690. The van der Waals surface area contributed by atoms with Crippen LogP contribution < -0.4 is 5.32 Å². The topological polar surface area (TPSA) is 12.0 Å². The van der Waals surface area contributed by atoms with Crippen molar-refractivity contribution in [3.63, 3.8) is 0 Å². The van der Waals surface area contributed by atoms with Crippen LogP contribution in [0.1, 0.15) is 18.5 Å². The fourth-order valence-electron chi connectivity index (χ4n) is 1.62. The molecule has 102 valence electrons. The second kappa shape index (κ2) is 6.59. The van der Waals surface area contributed by atoms with Gasteiger partial charge in [0.15, 0.2) is 0 Å². The molecule has 0 amide bonds. The van der Waals surface area contributed by atoms with E-state index in [1.807, 2.05) is 18.4 Å². The van der Waals surface area contributed by atoms with Crippen molar-refractivity contribution in [1.29, 1.82) is 0 Å². The summed E-state index contributed by atoms with van der Waals surface area (Å²) in [4.78, 5) is 0.562. The van der Waals surface area contributed by atoms with Crippen LogP contribution in [0.25, 0.3) is 0 Å². The van der Waals surface area contributed by atoms with Crippen LogP contribution in [-0.4, -0.2) is 5.76 Å². The van der Waals surface area contributed by atoms with Crippen LogP contribution in [0, 0.1) is 0 Å². The summed E-state index contributed by atoms with van der Waals surface area (Å²) in [6, 6.07) is 9.02. The molecule has 6 heteroatoms. The van der Waals surface area contributed by atoms with E-state index in [-0.39, 0.29) is 6.04 Å². The number of rotatable bonds is 5. The summed E-state index contributed by atoms with van der Waals surface area (Å²) < 4.78 is 25.1. The van der Waals surface area contributed by atoms with E-state index < -0.39 is 5.76 Å². The Bertz CT molecular complexity index is 528. The minimum absolute atomic E-state index is 0.123. The summed E-state index contributed by atoms with van der Waals surface area (Å²) >= 11 is 7.93. The Balaban J connectivity index is 1.99. The molecule has 0 radical (unpaired) electrons. The average molecular weight is 320 g/mol. The first-order chi connectivity index (χ1) is 9.04. The normalized spacial score (nSPS) is 12.7. The van der Waals surface area contributed by atoms with E-state index >= 15 is 0 Å². The Morgan fingerprint density at radius 1 is 1.26 bits per heavy atom.